The highest BCUT2D eigenvalue weighted by molar-refractivity contribution is 6.05. The standard InChI is InChI=1S/C15H12O7/c16-7-4-8-13(20)12(6-1-2-9(17)10(18)3-6)15(21)22-14(8)11(19)5-7/h1-5,12,15-19,21H. The Morgan fingerprint density at radius 1 is 0.909 bits per heavy atom. The van der Waals surface area contributed by atoms with Crippen LogP contribution >= 0.6 is 0 Å². The second-order valence-corrected chi connectivity index (χ2v) is 4.94. The van der Waals surface area contributed by atoms with Gasteiger partial charge in [-0.15, -0.1) is 0 Å². The first kappa shape index (κ1) is 14.0. The molecule has 0 amide bonds. The zero-order valence-corrected chi connectivity index (χ0v) is 11.1. The lowest BCUT2D eigenvalue weighted by Crippen LogP contribution is -2.35. The van der Waals surface area contributed by atoms with E-state index in [-0.39, 0.29) is 28.4 Å². The van der Waals surface area contributed by atoms with Crippen molar-refractivity contribution in [1.82, 2.24) is 0 Å². The molecule has 1 heterocycles. The van der Waals surface area contributed by atoms with E-state index >= 15 is 0 Å². The molecule has 1 aliphatic heterocycles. The maximum atomic E-state index is 12.5. The van der Waals surface area contributed by atoms with Gasteiger partial charge in [0.2, 0.25) is 6.29 Å². The minimum Gasteiger partial charge on any atom is -0.508 e. The van der Waals surface area contributed by atoms with Crippen LogP contribution in [0, 0.1) is 0 Å². The molecule has 2 atom stereocenters. The van der Waals surface area contributed by atoms with Gasteiger partial charge in [0.15, 0.2) is 28.8 Å². The van der Waals surface area contributed by atoms with E-state index in [1.807, 2.05) is 0 Å². The van der Waals surface area contributed by atoms with Gasteiger partial charge >= 0.3 is 0 Å². The summed E-state index contributed by atoms with van der Waals surface area (Å²) in [7, 11) is 0. The first-order valence-corrected chi connectivity index (χ1v) is 6.35. The molecule has 0 fully saturated rings. The Labute approximate surface area is 124 Å². The van der Waals surface area contributed by atoms with Gasteiger partial charge in [0.25, 0.3) is 0 Å². The van der Waals surface area contributed by atoms with E-state index in [9.17, 15) is 30.3 Å². The molecule has 0 saturated carbocycles. The average molecular weight is 304 g/mol. The van der Waals surface area contributed by atoms with Crippen LogP contribution in [-0.2, 0) is 0 Å². The maximum Gasteiger partial charge on any atom is 0.212 e. The Kier molecular flexibility index (Phi) is 3.07. The zero-order chi connectivity index (χ0) is 16.0. The van der Waals surface area contributed by atoms with Gasteiger partial charge < -0.3 is 30.3 Å². The van der Waals surface area contributed by atoms with Crippen LogP contribution in [0.1, 0.15) is 21.8 Å². The van der Waals surface area contributed by atoms with E-state index in [0.29, 0.717) is 0 Å². The Balaban J connectivity index is 2.10. The summed E-state index contributed by atoms with van der Waals surface area (Å²) in [6, 6.07) is 5.79. The van der Waals surface area contributed by atoms with E-state index in [1.54, 1.807) is 0 Å². The van der Waals surface area contributed by atoms with Crippen LogP contribution in [0.5, 0.6) is 28.7 Å². The van der Waals surface area contributed by atoms with Gasteiger partial charge in [0.05, 0.1) is 5.56 Å². The van der Waals surface area contributed by atoms with Gasteiger partial charge in [-0.2, -0.15) is 0 Å². The lowest BCUT2D eigenvalue weighted by atomic mass is 9.87. The number of ether oxygens (including phenoxy) is 1. The number of benzene rings is 2. The van der Waals surface area contributed by atoms with Crippen molar-refractivity contribution >= 4 is 5.78 Å². The number of rotatable bonds is 1. The van der Waals surface area contributed by atoms with Crippen molar-refractivity contribution in [3.63, 3.8) is 0 Å². The molecule has 5 N–H and O–H groups in total. The van der Waals surface area contributed by atoms with Crippen LogP contribution in [0.25, 0.3) is 0 Å². The van der Waals surface area contributed by atoms with Crippen molar-refractivity contribution < 1.29 is 35.1 Å². The van der Waals surface area contributed by atoms with Gasteiger partial charge in [0.1, 0.15) is 11.7 Å². The molecule has 0 aliphatic carbocycles. The predicted molar refractivity (Wildman–Crippen MR) is 73.2 cm³/mol. The lowest BCUT2D eigenvalue weighted by molar-refractivity contribution is -0.0401. The first-order valence-electron chi connectivity index (χ1n) is 6.35. The summed E-state index contributed by atoms with van der Waals surface area (Å²) in [5.41, 5.74) is 0.140. The second-order valence-electron chi connectivity index (χ2n) is 4.94. The number of phenols is 4. The number of aliphatic hydroxyl groups excluding tert-OH is 1. The van der Waals surface area contributed by atoms with E-state index in [2.05, 4.69) is 0 Å². The Hall–Kier alpha value is -2.93. The number of phenolic OH excluding ortho intramolecular Hbond substituents is 4. The van der Waals surface area contributed by atoms with Crippen molar-refractivity contribution in [3.8, 4) is 28.7 Å². The van der Waals surface area contributed by atoms with E-state index in [1.165, 1.54) is 12.1 Å². The van der Waals surface area contributed by atoms with Crippen LogP contribution in [0.2, 0.25) is 0 Å². The molecular formula is C15H12O7. The first-order chi connectivity index (χ1) is 10.4. The van der Waals surface area contributed by atoms with Gasteiger partial charge in [-0.25, -0.2) is 0 Å². The summed E-state index contributed by atoms with van der Waals surface area (Å²) in [5, 5.41) is 48.0. The van der Waals surface area contributed by atoms with Crippen molar-refractivity contribution in [2.75, 3.05) is 0 Å². The number of hydrogen-bond donors (Lipinski definition) is 5. The number of Topliss-reactive ketones (excluding diaryl/α,β-unsaturated/α-hetero) is 1. The fourth-order valence-electron chi connectivity index (χ4n) is 2.44. The highest BCUT2D eigenvalue weighted by atomic mass is 16.6. The molecule has 22 heavy (non-hydrogen) atoms. The Bertz CT molecular complexity index is 769. The molecule has 114 valence electrons. The summed E-state index contributed by atoms with van der Waals surface area (Å²) in [5.74, 6) is -3.56. The topological polar surface area (TPSA) is 127 Å². The number of aromatic hydroxyl groups is 4. The number of carbonyl (C=O) groups excluding carboxylic acids is 1. The van der Waals surface area contributed by atoms with Gasteiger partial charge in [-0.3, -0.25) is 4.79 Å². The summed E-state index contributed by atoms with van der Waals surface area (Å²) in [4.78, 5) is 12.5. The molecule has 0 spiro atoms. The number of aliphatic hydroxyl groups is 1. The Morgan fingerprint density at radius 2 is 1.64 bits per heavy atom. The van der Waals surface area contributed by atoms with Crippen molar-refractivity contribution in [2.24, 2.45) is 0 Å². The quantitative estimate of drug-likeness (QED) is 0.501. The highest BCUT2D eigenvalue weighted by Gasteiger charge is 2.39. The fraction of sp³-hybridized carbons (Fsp3) is 0.133. The number of fused-ring (bicyclic) bond motifs is 1. The van der Waals surface area contributed by atoms with Gasteiger partial charge in [-0.05, 0) is 23.8 Å². The normalized spacial score (nSPS) is 20.3. The van der Waals surface area contributed by atoms with Crippen molar-refractivity contribution in [3.05, 3.63) is 41.5 Å². The van der Waals surface area contributed by atoms with E-state index in [4.69, 9.17) is 4.74 Å². The van der Waals surface area contributed by atoms with E-state index in [0.717, 1.165) is 18.2 Å². The summed E-state index contributed by atoms with van der Waals surface area (Å²) < 4.78 is 5.15. The molecule has 0 bridgehead atoms. The molecular weight excluding hydrogens is 292 g/mol. The van der Waals surface area contributed by atoms with Crippen LogP contribution < -0.4 is 4.74 Å². The third-order valence-corrected chi connectivity index (χ3v) is 3.48. The number of carbonyl (C=O) groups is 1. The summed E-state index contributed by atoms with van der Waals surface area (Å²) in [6.07, 6.45) is -1.58. The number of hydrogen-bond acceptors (Lipinski definition) is 7. The largest absolute Gasteiger partial charge is 0.508 e. The zero-order valence-electron chi connectivity index (χ0n) is 11.1. The maximum absolute atomic E-state index is 12.5. The highest BCUT2D eigenvalue weighted by Crippen LogP contribution is 2.43. The van der Waals surface area contributed by atoms with Crippen LogP contribution in [0.4, 0.5) is 0 Å². The van der Waals surface area contributed by atoms with Crippen LogP contribution in [0.15, 0.2) is 30.3 Å². The third-order valence-electron chi connectivity index (χ3n) is 3.48. The molecule has 2 aromatic rings. The van der Waals surface area contributed by atoms with Gasteiger partial charge in [0, 0.05) is 6.07 Å². The van der Waals surface area contributed by atoms with E-state index < -0.39 is 29.5 Å². The SMILES string of the molecule is O=C1c2cc(O)cc(O)c2OC(O)C1c1ccc(O)c(O)c1. The molecule has 3 rings (SSSR count). The summed E-state index contributed by atoms with van der Waals surface area (Å²) >= 11 is 0. The average Bonchev–Trinajstić information content (AvgIpc) is 2.44. The molecule has 7 nitrogen and oxygen atoms in total. The van der Waals surface area contributed by atoms with Crippen LogP contribution in [0.3, 0.4) is 0 Å². The fourth-order valence-corrected chi connectivity index (χ4v) is 2.44. The van der Waals surface area contributed by atoms with Crippen molar-refractivity contribution in [1.29, 1.82) is 0 Å². The van der Waals surface area contributed by atoms with Gasteiger partial charge in [-0.1, -0.05) is 6.07 Å². The minimum atomic E-state index is -1.58. The van der Waals surface area contributed by atoms with Crippen LogP contribution in [-0.4, -0.2) is 37.6 Å². The molecule has 0 radical (unpaired) electrons. The molecule has 2 aromatic carbocycles. The molecule has 7 heteroatoms. The smallest absolute Gasteiger partial charge is 0.212 e. The lowest BCUT2D eigenvalue weighted by Gasteiger charge is -2.29. The monoisotopic (exact) mass is 304 g/mol. The minimum absolute atomic E-state index is 0.0830. The predicted octanol–water partition coefficient (Wildman–Crippen LogP) is 1.19. The molecule has 0 saturated heterocycles. The molecule has 0 aromatic heterocycles. The molecule has 1 aliphatic rings. The molecule has 2 unspecified atom stereocenters. The second kappa shape index (κ2) is 4.81. The third kappa shape index (κ3) is 2.08. The van der Waals surface area contributed by atoms with Crippen molar-refractivity contribution in [2.45, 2.75) is 12.2 Å². The Morgan fingerprint density at radius 3 is 2.32 bits per heavy atom. The summed E-state index contributed by atoms with van der Waals surface area (Å²) in [6.45, 7) is 0. The number of ketones is 1.